The first-order valence-electron chi connectivity index (χ1n) is 16.0. The molecule has 258 valence electrons. The lowest BCUT2D eigenvalue weighted by atomic mass is 9.96. The van der Waals surface area contributed by atoms with E-state index in [9.17, 15) is 24.6 Å². The summed E-state index contributed by atoms with van der Waals surface area (Å²) in [6.45, 7) is 0.847. The van der Waals surface area contributed by atoms with Crippen LogP contribution >= 0.6 is 23.2 Å². The van der Waals surface area contributed by atoms with Crippen molar-refractivity contribution < 1.29 is 29.3 Å². The van der Waals surface area contributed by atoms with E-state index in [1.54, 1.807) is 12.3 Å². The number of hydrogen-bond acceptors (Lipinski definition) is 8. The number of ether oxygens (including phenoxy) is 1. The lowest BCUT2D eigenvalue weighted by Crippen LogP contribution is -2.39. The first kappa shape index (κ1) is 35.1. The summed E-state index contributed by atoms with van der Waals surface area (Å²) < 4.78 is 6.76. The van der Waals surface area contributed by atoms with Gasteiger partial charge in [-0.3, -0.25) is 19.7 Å². The van der Waals surface area contributed by atoms with Gasteiger partial charge < -0.3 is 25.6 Å². The molecule has 0 saturated carbocycles. The fraction of sp³-hybridized carbons (Fsp3) is 0.243. The minimum atomic E-state index is -1.20. The molecular formula is C37H35Cl2N5O6. The number of amides is 1. The molecule has 2 heterocycles. The lowest BCUT2D eigenvalue weighted by Gasteiger charge is -2.16. The van der Waals surface area contributed by atoms with Crippen molar-refractivity contribution in [2.45, 2.75) is 38.0 Å². The maximum Gasteiger partial charge on any atom is 0.323 e. The highest BCUT2D eigenvalue weighted by Gasteiger charge is 2.23. The number of aliphatic hydroxyl groups excluding tert-OH is 1. The van der Waals surface area contributed by atoms with Crippen molar-refractivity contribution >= 4 is 51.9 Å². The van der Waals surface area contributed by atoms with E-state index in [4.69, 9.17) is 27.9 Å². The van der Waals surface area contributed by atoms with Crippen LogP contribution in [0.1, 0.15) is 34.3 Å². The van der Waals surface area contributed by atoms with Crippen molar-refractivity contribution in [2.75, 3.05) is 20.3 Å². The molecule has 0 unspecified atom stereocenters. The van der Waals surface area contributed by atoms with Crippen molar-refractivity contribution in [3.63, 3.8) is 0 Å². The average molecular weight is 717 g/mol. The second-order valence-electron chi connectivity index (χ2n) is 12.0. The average Bonchev–Trinajstić information content (AvgIpc) is 3.74. The lowest BCUT2D eigenvalue weighted by molar-refractivity contribution is -0.140. The molecule has 1 aliphatic heterocycles. The van der Waals surface area contributed by atoms with Gasteiger partial charge in [0.25, 0.3) is 5.91 Å². The van der Waals surface area contributed by atoms with Gasteiger partial charge in [-0.1, -0.05) is 77.8 Å². The van der Waals surface area contributed by atoms with Gasteiger partial charge in [-0.15, -0.1) is 0 Å². The van der Waals surface area contributed by atoms with E-state index in [2.05, 4.69) is 33.2 Å². The number of carboxylic acids is 1. The van der Waals surface area contributed by atoms with Gasteiger partial charge in [-0.05, 0) is 41.3 Å². The fourth-order valence-electron chi connectivity index (χ4n) is 6.10. The number of carboxylic acid groups (broad SMARTS) is 1. The number of aliphatic hydroxyl groups is 1. The smallest absolute Gasteiger partial charge is 0.323 e. The quantitative estimate of drug-likeness (QED) is 0.110. The normalized spacial score (nSPS) is 14.9. The van der Waals surface area contributed by atoms with Crippen molar-refractivity contribution in [3.05, 3.63) is 106 Å². The summed E-state index contributed by atoms with van der Waals surface area (Å²) in [5.74, 6) is -1.26. The molecule has 1 aromatic heterocycles. The molecule has 0 bridgehead atoms. The Kier molecular flexibility index (Phi) is 10.8. The van der Waals surface area contributed by atoms with Gasteiger partial charge in [0.05, 0.1) is 41.0 Å². The van der Waals surface area contributed by atoms with Gasteiger partial charge >= 0.3 is 5.97 Å². The Balaban J connectivity index is 1.23. The summed E-state index contributed by atoms with van der Waals surface area (Å²) in [7, 11) is 1.43. The molecule has 50 heavy (non-hydrogen) atoms. The van der Waals surface area contributed by atoms with Crippen molar-refractivity contribution in [1.82, 2.24) is 25.7 Å². The van der Waals surface area contributed by atoms with Gasteiger partial charge in [0.1, 0.15) is 11.8 Å². The molecule has 1 fully saturated rings. The van der Waals surface area contributed by atoms with Crippen LogP contribution in [0.25, 0.3) is 33.2 Å². The van der Waals surface area contributed by atoms with Gasteiger partial charge in [-0.25, -0.2) is 0 Å². The molecule has 1 saturated heterocycles. The van der Waals surface area contributed by atoms with Gasteiger partial charge in [-0.2, -0.15) is 9.78 Å². The Morgan fingerprint density at radius 1 is 1.04 bits per heavy atom. The van der Waals surface area contributed by atoms with Gasteiger partial charge in [0, 0.05) is 54.2 Å². The van der Waals surface area contributed by atoms with Crippen LogP contribution in [0.15, 0.2) is 79.0 Å². The predicted octanol–water partition coefficient (Wildman–Crippen LogP) is 5.28. The van der Waals surface area contributed by atoms with E-state index in [1.165, 1.54) is 23.9 Å². The van der Waals surface area contributed by atoms with E-state index >= 15 is 0 Å². The van der Waals surface area contributed by atoms with E-state index < -0.39 is 24.5 Å². The molecule has 11 nitrogen and oxygen atoms in total. The van der Waals surface area contributed by atoms with E-state index in [1.807, 2.05) is 42.5 Å². The van der Waals surface area contributed by atoms with Crippen LogP contribution < -0.4 is 20.7 Å². The minimum Gasteiger partial charge on any atom is -0.496 e. The zero-order chi connectivity index (χ0) is 35.4. The Labute approximate surface area is 298 Å². The van der Waals surface area contributed by atoms with Crippen LogP contribution in [0.5, 0.6) is 5.75 Å². The molecule has 13 heteroatoms. The van der Waals surface area contributed by atoms with Crippen LogP contribution in [0.4, 0.5) is 0 Å². The number of benzene rings is 4. The maximum absolute atomic E-state index is 13.8. The van der Waals surface area contributed by atoms with E-state index in [0.717, 1.165) is 40.8 Å². The molecule has 0 radical (unpaired) electrons. The first-order chi connectivity index (χ1) is 24.2. The number of nitrogens with zero attached hydrogens (tertiary/aromatic N) is 2. The molecule has 0 spiro atoms. The summed E-state index contributed by atoms with van der Waals surface area (Å²) in [5.41, 5.74) is 5.72. The first-order valence-corrected chi connectivity index (χ1v) is 16.8. The molecule has 4 aromatic carbocycles. The third-order valence-electron chi connectivity index (χ3n) is 8.78. The highest BCUT2D eigenvalue weighted by molar-refractivity contribution is 6.36. The third-order valence-corrected chi connectivity index (χ3v) is 9.50. The number of aliphatic carboxylic acids is 1. The largest absolute Gasteiger partial charge is 0.496 e. The number of rotatable bonds is 13. The van der Waals surface area contributed by atoms with Crippen molar-refractivity contribution in [1.29, 1.82) is 0 Å². The molecule has 2 atom stereocenters. The van der Waals surface area contributed by atoms with Crippen LogP contribution in [-0.2, 0) is 22.7 Å². The van der Waals surface area contributed by atoms with Crippen LogP contribution in [-0.4, -0.2) is 70.1 Å². The van der Waals surface area contributed by atoms with Crippen molar-refractivity contribution in [3.8, 4) is 28.0 Å². The van der Waals surface area contributed by atoms with Crippen LogP contribution in [0.2, 0.25) is 10.0 Å². The molecule has 0 aliphatic carbocycles. The summed E-state index contributed by atoms with van der Waals surface area (Å²) in [6, 6.07) is 21.6. The van der Waals surface area contributed by atoms with Gasteiger partial charge in [0.2, 0.25) is 5.91 Å². The Bertz CT molecular complexity index is 2070. The second-order valence-corrected chi connectivity index (χ2v) is 12.8. The summed E-state index contributed by atoms with van der Waals surface area (Å²) in [4.78, 5) is 36.6. The number of nitrogens with one attached hydrogen (secondary N) is 3. The summed E-state index contributed by atoms with van der Waals surface area (Å²) in [5, 5.41) is 33.5. The monoisotopic (exact) mass is 715 g/mol. The standard InChI is InChI=1S/C37H35Cl2N5O6/c1-50-33-15-28(30(38)14-23(33)17-41-31(20-45)37(48)49)36(47)44-32-7-3-5-26(29(32)19-42-44)27-6-2-4-25(35(27)39)22-10-8-21(9-11-22)16-40-18-24-12-13-34(46)43-24/h2-11,14-15,19,24,31,40-41,45H,12-13,16-18,20H2,1H3,(H,43,46)(H,48,49)/t24-,31-/m0/s1. The number of fused-ring (bicyclic) bond motifs is 1. The highest BCUT2D eigenvalue weighted by atomic mass is 35.5. The number of carbonyl (C=O) groups excluding carboxylic acids is 2. The minimum absolute atomic E-state index is 0.0342. The summed E-state index contributed by atoms with van der Waals surface area (Å²) in [6.07, 6.45) is 3.06. The topological polar surface area (TPSA) is 155 Å². The zero-order valence-electron chi connectivity index (χ0n) is 27.1. The number of methoxy groups -OCH3 is 1. The fourth-order valence-corrected chi connectivity index (χ4v) is 6.70. The zero-order valence-corrected chi connectivity index (χ0v) is 28.6. The van der Waals surface area contributed by atoms with Gasteiger partial charge in [0.15, 0.2) is 0 Å². The highest BCUT2D eigenvalue weighted by Crippen LogP contribution is 2.39. The maximum atomic E-state index is 13.8. The Morgan fingerprint density at radius 3 is 2.48 bits per heavy atom. The molecule has 5 N–H and O–H groups in total. The van der Waals surface area contributed by atoms with Crippen LogP contribution in [0.3, 0.4) is 0 Å². The SMILES string of the molecule is COc1cc(C(=O)n2ncc3c(-c4cccc(-c5ccc(CNC[C@@H]6CCC(=O)N6)cc5)c4Cl)cccc32)c(Cl)cc1CN[C@@H](CO)C(=O)O. The molecule has 1 aliphatic rings. The van der Waals surface area contributed by atoms with E-state index in [-0.39, 0.29) is 29.1 Å². The van der Waals surface area contributed by atoms with Crippen molar-refractivity contribution in [2.24, 2.45) is 0 Å². The molecular weight excluding hydrogens is 681 g/mol. The second kappa shape index (κ2) is 15.4. The van der Waals surface area contributed by atoms with E-state index in [0.29, 0.717) is 40.2 Å². The summed E-state index contributed by atoms with van der Waals surface area (Å²) >= 11 is 13.6. The molecule has 6 rings (SSSR count). The Morgan fingerprint density at radius 2 is 1.78 bits per heavy atom. The van der Waals surface area contributed by atoms with Crippen LogP contribution in [0, 0.1) is 0 Å². The third kappa shape index (κ3) is 7.37. The number of carbonyl (C=O) groups is 3. The molecule has 1 amide bonds. The number of hydrogen-bond donors (Lipinski definition) is 5. The molecule has 5 aromatic rings. The number of halogens is 2. The predicted molar refractivity (Wildman–Crippen MR) is 192 cm³/mol. The number of aromatic nitrogens is 2. The Hall–Kier alpha value is -4.78.